The molecule has 0 aliphatic carbocycles. The third-order valence-electron chi connectivity index (χ3n) is 2.38. The van der Waals surface area contributed by atoms with Crippen molar-refractivity contribution in [2.45, 2.75) is 36.8 Å². The van der Waals surface area contributed by atoms with Crippen molar-refractivity contribution in [1.29, 1.82) is 0 Å². The Labute approximate surface area is 111 Å². The molecule has 0 radical (unpaired) electrons. The maximum absolute atomic E-state index is 11.8. The van der Waals surface area contributed by atoms with Gasteiger partial charge in [0.1, 0.15) is 9.09 Å². The highest BCUT2D eigenvalue weighted by atomic mass is 32.2. The summed E-state index contributed by atoms with van der Waals surface area (Å²) in [5.41, 5.74) is 0. The van der Waals surface area contributed by atoms with Crippen molar-refractivity contribution in [3.8, 4) is 0 Å². The maximum Gasteiger partial charge on any atom is 0.345 e. The molecule has 0 aliphatic heterocycles. The average Bonchev–Trinajstić information content (AvgIpc) is 2.78. The molecule has 0 saturated heterocycles. The molecule has 1 aromatic rings. The number of carboxylic acids is 1. The first-order chi connectivity index (χ1) is 8.47. The van der Waals surface area contributed by atoms with Gasteiger partial charge < -0.3 is 5.11 Å². The predicted molar refractivity (Wildman–Crippen MR) is 70.6 cm³/mol. The molecule has 0 aliphatic rings. The molecule has 0 atom stereocenters. The normalized spacial score (nSPS) is 11.6. The molecule has 0 saturated carbocycles. The molecule has 7 heteroatoms. The van der Waals surface area contributed by atoms with Crippen molar-refractivity contribution in [3.63, 3.8) is 0 Å². The van der Waals surface area contributed by atoms with Gasteiger partial charge in [-0.25, -0.2) is 17.9 Å². The van der Waals surface area contributed by atoms with Gasteiger partial charge in [0.2, 0.25) is 10.0 Å². The third kappa shape index (κ3) is 4.40. The van der Waals surface area contributed by atoms with Crippen molar-refractivity contribution >= 4 is 27.3 Å². The predicted octanol–water partition coefficient (Wildman–Crippen LogP) is 2.30. The lowest BCUT2D eigenvalue weighted by atomic mass is 10.2. The number of thiophene rings is 1. The fraction of sp³-hybridized carbons (Fsp3) is 0.545. The van der Waals surface area contributed by atoms with Gasteiger partial charge in [-0.15, -0.1) is 11.3 Å². The third-order valence-corrected chi connectivity index (χ3v) is 5.41. The van der Waals surface area contributed by atoms with Gasteiger partial charge >= 0.3 is 5.97 Å². The number of sulfonamides is 1. The summed E-state index contributed by atoms with van der Waals surface area (Å²) in [5, 5.41) is 8.73. The van der Waals surface area contributed by atoms with Crippen LogP contribution in [0.5, 0.6) is 0 Å². The summed E-state index contributed by atoms with van der Waals surface area (Å²) in [5.74, 6) is -1.11. The smallest absolute Gasteiger partial charge is 0.345 e. The van der Waals surface area contributed by atoms with Crippen LogP contribution in [-0.4, -0.2) is 26.0 Å². The lowest BCUT2D eigenvalue weighted by molar-refractivity contribution is 0.0702. The van der Waals surface area contributed by atoms with Crippen LogP contribution in [0.3, 0.4) is 0 Å². The molecular weight excluding hydrogens is 274 g/mol. The summed E-state index contributed by atoms with van der Waals surface area (Å²) in [4.78, 5) is 10.7. The highest BCUT2D eigenvalue weighted by Gasteiger charge is 2.18. The van der Waals surface area contributed by atoms with Crippen LogP contribution in [0.25, 0.3) is 0 Å². The Morgan fingerprint density at radius 3 is 2.61 bits per heavy atom. The van der Waals surface area contributed by atoms with Gasteiger partial charge in [-0.3, -0.25) is 0 Å². The van der Waals surface area contributed by atoms with E-state index in [0.29, 0.717) is 6.54 Å². The lowest BCUT2D eigenvalue weighted by Gasteiger charge is -2.03. The molecule has 0 fully saturated rings. The van der Waals surface area contributed by atoms with Crippen LogP contribution in [0.2, 0.25) is 0 Å². The van der Waals surface area contributed by atoms with Gasteiger partial charge in [0, 0.05) is 6.54 Å². The van der Waals surface area contributed by atoms with Gasteiger partial charge in [-0.1, -0.05) is 26.2 Å². The van der Waals surface area contributed by atoms with Crippen LogP contribution < -0.4 is 4.72 Å². The largest absolute Gasteiger partial charge is 0.477 e. The van der Waals surface area contributed by atoms with E-state index < -0.39 is 16.0 Å². The van der Waals surface area contributed by atoms with E-state index in [4.69, 9.17) is 5.11 Å². The summed E-state index contributed by atoms with van der Waals surface area (Å²) >= 11 is 0.766. The number of rotatable bonds is 8. The molecule has 2 N–H and O–H groups in total. The Morgan fingerprint density at radius 1 is 1.33 bits per heavy atom. The summed E-state index contributed by atoms with van der Waals surface area (Å²) in [6.45, 7) is 2.48. The second-order valence-electron chi connectivity index (χ2n) is 3.88. The van der Waals surface area contributed by atoms with E-state index in [0.717, 1.165) is 37.0 Å². The molecule has 0 amide bonds. The summed E-state index contributed by atoms with van der Waals surface area (Å²) < 4.78 is 26.1. The summed E-state index contributed by atoms with van der Waals surface area (Å²) in [6.07, 6.45) is 3.97. The summed E-state index contributed by atoms with van der Waals surface area (Å²) in [7, 11) is -3.55. The molecule has 5 nitrogen and oxygen atoms in total. The van der Waals surface area contributed by atoms with E-state index in [2.05, 4.69) is 11.6 Å². The van der Waals surface area contributed by atoms with E-state index in [1.165, 1.54) is 12.1 Å². The second kappa shape index (κ2) is 6.86. The Kier molecular flexibility index (Phi) is 5.77. The Morgan fingerprint density at radius 2 is 2.06 bits per heavy atom. The van der Waals surface area contributed by atoms with Gasteiger partial charge in [-0.05, 0) is 18.6 Å². The van der Waals surface area contributed by atoms with E-state index in [-0.39, 0.29) is 9.09 Å². The monoisotopic (exact) mass is 291 g/mol. The fourth-order valence-corrected chi connectivity index (χ4v) is 3.67. The zero-order valence-electron chi connectivity index (χ0n) is 10.2. The van der Waals surface area contributed by atoms with E-state index in [9.17, 15) is 13.2 Å². The first-order valence-corrected chi connectivity index (χ1v) is 8.10. The van der Waals surface area contributed by atoms with Crippen LogP contribution in [-0.2, 0) is 10.0 Å². The van der Waals surface area contributed by atoms with Crippen LogP contribution in [0.4, 0.5) is 0 Å². The van der Waals surface area contributed by atoms with Crippen molar-refractivity contribution < 1.29 is 18.3 Å². The quantitative estimate of drug-likeness (QED) is 0.720. The van der Waals surface area contributed by atoms with Gasteiger partial charge in [0.15, 0.2) is 0 Å². The van der Waals surface area contributed by atoms with Crippen LogP contribution >= 0.6 is 11.3 Å². The van der Waals surface area contributed by atoms with Crippen molar-refractivity contribution in [2.75, 3.05) is 6.54 Å². The number of unbranched alkanes of at least 4 members (excludes halogenated alkanes) is 3. The first kappa shape index (κ1) is 15.1. The highest BCUT2D eigenvalue weighted by molar-refractivity contribution is 7.91. The minimum atomic E-state index is -3.55. The number of carboxylic acid groups (broad SMARTS) is 1. The van der Waals surface area contributed by atoms with Gasteiger partial charge in [-0.2, -0.15) is 0 Å². The zero-order chi connectivity index (χ0) is 13.6. The molecule has 18 heavy (non-hydrogen) atoms. The number of hydrogen-bond acceptors (Lipinski definition) is 4. The highest BCUT2D eigenvalue weighted by Crippen LogP contribution is 2.21. The summed E-state index contributed by atoms with van der Waals surface area (Å²) in [6, 6.07) is 2.63. The van der Waals surface area contributed by atoms with Gasteiger partial charge in [0.05, 0.1) is 0 Å². The van der Waals surface area contributed by atoms with Crippen LogP contribution in [0, 0.1) is 0 Å². The van der Waals surface area contributed by atoms with Crippen LogP contribution in [0.1, 0.15) is 42.3 Å². The maximum atomic E-state index is 11.8. The molecule has 0 unspecified atom stereocenters. The lowest BCUT2D eigenvalue weighted by Crippen LogP contribution is -2.23. The first-order valence-electron chi connectivity index (χ1n) is 5.80. The standard InChI is InChI=1S/C11H17NO4S2/c1-2-3-4-5-8-12-18(15,16)10-7-6-9(17-10)11(13)14/h6-7,12H,2-5,8H2,1H3,(H,13,14). The van der Waals surface area contributed by atoms with E-state index >= 15 is 0 Å². The minimum Gasteiger partial charge on any atom is -0.477 e. The topological polar surface area (TPSA) is 83.5 Å². The Hall–Kier alpha value is -0.920. The second-order valence-corrected chi connectivity index (χ2v) is 6.96. The van der Waals surface area contributed by atoms with Crippen molar-refractivity contribution in [3.05, 3.63) is 17.0 Å². The molecule has 1 heterocycles. The SMILES string of the molecule is CCCCCCNS(=O)(=O)c1ccc(C(=O)O)s1. The van der Waals surface area contributed by atoms with Crippen LogP contribution in [0.15, 0.2) is 16.3 Å². The molecule has 102 valence electrons. The Balaban J connectivity index is 2.54. The van der Waals surface area contributed by atoms with E-state index in [1.54, 1.807) is 0 Å². The molecular formula is C11H17NO4S2. The molecule has 1 rings (SSSR count). The van der Waals surface area contributed by atoms with Crippen molar-refractivity contribution in [2.24, 2.45) is 0 Å². The number of aromatic carboxylic acids is 1. The zero-order valence-corrected chi connectivity index (χ0v) is 11.8. The minimum absolute atomic E-state index is 0.0290. The fourth-order valence-electron chi connectivity index (χ4n) is 1.41. The molecule has 1 aromatic heterocycles. The Bertz CT molecular complexity index is 493. The molecule has 0 aromatic carbocycles. The number of hydrogen-bond donors (Lipinski definition) is 2. The van der Waals surface area contributed by atoms with E-state index in [1.807, 2.05) is 0 Å². The molecule has 0 bridgehead atoms. The molecule has 0 spiro atoms. The average molecular weight is 291 g/mol. The number of carbonyl (C=O) groups is 1. The van der Waals surface area contributed by atoms with Crippen molar-refractivity contribution in [1.82, 2.24) is 4.72 Å². The van der Waals surface area contributed by atoms with Gasteiger partial charge in [0.25, 0.3) is 0 Å². The number of nitrogens with one attached hydrogen (secondary N) is 1.